The van der Waals surface area contributed by atoms with Gasteiger partial charge in [-0.2, -0.15) is 0 Å². The Morgan fingerprint density at radius 3 is 2.35 bits per heavy atom. The minimum Gasteiger partial charge on any atom is -0.482 e. The molecule has 0 aliphatic rings. The van der Waals surface area contributed by atoms with Gasteiger partial charge in [0.2, 0.25) is 5.91 Å². The zero-order valence-corrected chi connectivity index (χ0v) is 20.4. The Hall–Kier alpha value is -3.31. The predicted octanol–water partition coefficient (Wildman–Crippen LogP) is 5.19. The summed E-state index contributed by atoms with van der Waals surface area (Å²) in [7, 11) is 0. The molecule has 6 heteroatoms. The topological polar surface area (TPSA) is 58.6 Å². The summed E-state index contributed by atoms with van der Waals surface area (Å²) < 4.78 is 5.75. The number of halogens is 1. The molecule has 3 aromatic carbocycles. The van der Waals surface area contributed by atoms with Gasteiger partial charge in [0.25, 0.3) is 5.91 Å². The van der Waals surface area contributed by atoms with E-state index in [0.29, 0.717) is 30.3 Å². The fraction of sp³-hybridized carbons (Fsp3) is 0.286. The number of ether oxygens (including phenoxy) is 1. The second kappa shape index (κ2) is 12.8. The Balaban J connectivity index is 1.91. The zero-order chi connectivity index (χ0) is 24.3. The van der Waals surface area contributed by atoms with Gasteiger partial charge in [-0.3, -0.25) is 9.59 Å². The van der Waals surface area contributed by atoms with Gasteiger partial charge in [-0.1, -0.05) is 85.3 Å². The number of carbonyl (C=O) groups excluding carboxylic acids is 2. The van der Waals surface area contributed by atoms with Crippen LogP contribution in [0.25, 0.3) is 0 Å². The van der Waals surface area contributed by atoms with Crippen LogP contribution in [0, 0.1) is 6.92 Å². The van der Waals surface area contributed by atoms with Gasteiger partial charge in [-0.15, -0.1) is 0 Å². The molecule has 0 radical (unpaired) electrons. The Bertz CT molecular complexity index is 1090. The first kappa shape index (κ1) is 25.3. The van der Waals surface area contributed by atoms with Gasteiger partial charge in [-0.05, 0) is 42.2 Å². The van der Waals surface area contributed by atoms with Gasteiger partial charge in [0.15, 0.2) is 6.61 Å². The molecule has 0 spiro atoms. The van der Waals surface area contributed by atoms with Crippen molar-refractivity contribution in [1.82, 2.24) is 10.2 Å². The number of nitrogens with zero attached hydrogens (tertiary/aromatic N) is 1. The number of aryl methyl sites for hydroxylation is 1. The van der Waals surface area contributed by atoms with Crippen molar-refractivity contribution >= 4 is 23.4 Å². The van der Waals surface area contributed by atoms with E-state index < -0.39 is 6.04 Å². The number of carbonyl (C=O) groups is 2. The Morgan fingerprint density at radius 1 is 0.971 bits per heavy atom. The lowest BCUT2D eigenvalue weighted by molar-refractivity contribution is -0.142. The Kier molecular flexibility index (Phi) is 9.53. The van der Waals surface area contributed by atoms with E-state index in [4.69, 9.17) is 16.3 Å². The Morgan fingerprint density at radius 2 is 1.65 bits per heavy atom. The molecule has 0 bridgehead atoms. The van der Waals surface area contributed by atoms with Gasteiger partial charge in [0.05, 0.1) is 5.02 Å². The van der Waals surface area contributed by atoms with Crippen LogP contribution in [-0.2, 0) is 22.6 Å². The number of amides is 2. The van der Waals surface area contributed by atoms with Crippen molar-refractivity contribution in [2.45, 2.75) is 39.3 Å². The average molecular weight is 479 g/mol. The highest BCUT2D eigenvalue weighted by atomic mass is 35.5. The largest absolute Gasteiger partial charge is 0.482 e. The number of rotatable bonds is 11. The third-order valence-electron chi connectivity index (χ3n) is 5.61. The van der Waals surface area contributed by atoms with Crippen molar-refractivity contribution in [3.63, 3.8) is 0 Å². The van der Waals surface area contributed by atoms with E-state index in [1.54, 1.807) is 29.2 Å². The number of nitrogens with one attached hydrogen (secondary N) is 1. The molecule has 0 aliphatic heterocycles. The van der Waals surface area contributed by atoms with Crippen LogP contribution in [0.4, 0.5) is 0 Å². The van der Waals surface area contributed by atoms with Gasteiger partial charge in [0.1, 0.15) is 11.8 Å². The molecular formula is C28H31ClN2O3. The first-order valence-electron chi connectivity index (χ1n) is 11.5. The summed E-state index contributed by atoms with van der Waals surface area (Å²) in [5.74, 6) is -0.0236. The maximum absolute atomic E-state index is 13.5. The van der Waals surface area contributed by atoms with Crippen LogP contribution < -0.4 is 10.1 Å². The summed E-state index contributed by atoms with van der Waals surface area (Å²) in [6.45, 7) is 4.63. The van der Waals surface area contributed by atoms with Crippen LogP contribution in [0.15, 0.2) is 78.9 Å². The molecule has 1 atom stereocenters. The van der Waals surface area contributed by atoms with E-state index >= 15 is 0 Å². The standard InChI is InChI=1S/C28H31ClN2O3/c1-3-17-30-28(33)25(18-22-12-5-4-6-13-22)31(19-23-14-8-7-11-21(23)2)27(32)20-34-26-16-10-9-15-24(26)29/h4-16,25H,3,17-20H2,1-2H3,(H,30,33)/t25-/m1/s1. The molecule has 34 heavy (non-hydrogen) atoms. The SMILES string of the molecule is CCCNC(=O)[C@@H](Cc1ccccc1)N(Cc1ccccc1C)C(=O)COc1ccccc1Cl. The number of benzene rings is 3. The second-order valence-corrected chi connectivity index (χ2v) is 8.57. The highest BCUT2D eigenvalue weighted by molar-refractivity contribution is 6.32. The molecular weight excluding hydrogens is 448 g/mol. The smallest absolute Gasteiger partial charge is 0.261 e. The van der Waals surface area contributed by atoms with Crippen LogP contribution >= 0.6 is 11.6 Å². The van der Waals surface area contributed by atoms with Crippen LogP contribution in [0.3, 0.4) is 0 Å². The first-order chi connectivity index (χ1) is 16.5. The quantitative estimate of drug-likeness (QED) is 0.412. The number of para-hydroxylation sites is 1. The maximum atomic E-state index is 13.5. The summed E-state index contributed by atoms with van der Waals surface area (Å²) >= 11 is 6.20. The highest BCUT2D eigenvalue weighted by Crippen LogP contribution is 2.24. The monoisotopic (exact) mass is 478 g/mol. The fourth-order valence-corrected chi connectivity index (χ4v) is 3.87. The van der Waals surface area contributed by atoms with E-state index in [1.165, 1.54) is 0 Å². The van der Waals surface area contributed by atoms with Crippen LogP contribution in [0.1, 0.15) is 30.0 Å². The van der Waals surface area contributed by atoms with Gasteiger partial charge < -0.3 is 15.0 Å². The van der Waals surface area contributed by atoms with E-state index in [2.05, 4.69) is 5.32 Å². The Labute approximate surface area is 206 Å². The second-order valence-electron chi connectivity index (χ2n) is 8.16. The predicted molar refractivity (Wildman–Crippen MR) is 136 cm³/mol. The minimum absolute atomic E-state index is 0.176. The lowest BCUT2D eigenvalue weighted by atomic mass is 10.0. The highest BCUT2D eigenvalue weighted by Gasteiger charge is 2.30. The minimum atomic E-state index is -0.684. The van der Waals surface area contributed by atoms with Crippen molar-refractivity contribution in [3.8, 4) is 5.75 Å². The number of hydrogen-bond donors (Lipinski definition) is 1. The summed E-state index contributed by atoms with van der Waals surface area (Å²) in [5.41, 5.74) is 3.02. The van der Waals surface area contributed by atoms with Gasteiger partial charge >= 0.3 is 0 Å². The van der Waals surface area contributed by atoms with E-state index in [0.717, 1.165) is 23.1 Å². The molecule has 0 fully saturated rings. The number of hydrogen-bond acceptors (Lipinski definition) is 3. The summed E-state index contributed by atoms with van der Waals surface area (Å²) in [5, 5.41) is 3.41. The van der Waals surface area contributed by atoms with Crippen LogP contribution in [-0.4, -0.2) is 35.9 Å². The maximum Gasteiger partial charge on any atom is 0.261 e. The zero-order valence-electron chi connectivity index (χ0n) is 19.7. The van der Waals surface area contributed by atoms with E-state index in [-0.39, 0.29) is 18.4 Å². The molecule has 0 aromatic heterocycles. The molecule has 2 amide bonds. The van der Waals surface area contributed by atoms with E-state index in [9.17, 15) is 9.59 Å². The summed E-state index contributed by atoms with van der Waals surface area (Å²) in [4.78, 5) is 28.4. The third-order valence-corrected chi connectivity index (χ3v) is 5.92. The molecule has 3 aromatic rings. The van der Waals surface area contributed by atoms with Crippen molar-refractivity contribution in [3.05, 3.63) is 101 Å². The normalized spacial score (nSPS) is 11.5. The fourth-order valence-electron chi connectivity index (χ4n) is 3.68. The molecule has 3 rings (SSSR count). The molecule has 5 nitrogen and oxygen atoms in total. The van der Waals surface area contributed by atoms with Crippen molar-refractivity contribution in [2.75, 3.05) is 13.2 Å². The van der Waals surface area contributed by atoms with E-state index in [1.807, 2.05) is 68.4 Å². The third kappa shape index (κ3) is 7.09. The van der Waals surface area contributed by atoms with Crippen LogP contribution in [0.2, 0.25) is 5.02 Å². The molecule has 0 unspecified atom stereocenters. The molecule has 0 heterocycles. The summed E-state index contributed by atoms with van der Waals surface area (Å²) in [6.07, 6.45) is 1.21. The molecule has 0 aliphatic carbocycles. The summed E-state index contributed by atoms with van der Waals surface area (Å²) in [6, 6.07) is 24.0. The average Bonchev–Trinajstić information content (AvgIpc) is 2.85. The molecule has 0 saturated carbocycles. The van der Waals surface area contributed by atoms with Gasteiger partial charge in [-0.25, -0.2) is 0 Å². The van der Waals surface area contributed by atoms with Crippen molar-refractivity contribution in [1.29, 1.82) is 0 Å². The van der Waals surface area contributed by atoms with Crippen molar-refractivity contribution in [2.24, 2.45) is 0 Å². The van der Waals surface area contributed by atoms with Crippen molar-refractivity contribution < 1.29 is 14.3 Å². The lowest BCUT2D eigenvalue weighted by Gasteiger charge is -2.32. The molecule has 1 N–H and O–H groups in total. The van der Waals surface area contributed by atoms with Gasteiger partial charge in [0, 0.05) is 19.5 Å². The molecule has 0 saturated heterocycles. The first-order valence-corrected chi connectivity index (χ1v) is 11.9. The van der Waals surface area contributed by atoms with Crippen LogP contribution in [0.5, 0.6) is 5.75 Å². The molecule has 178 valence electrons. The lowest BCUT2D eigenvalue weighted by Crippen LogP contribution is -2.51.